The van der Waals surface area contributed by atoms with E-state index in [1.807, 2.05) is 18.7 Å². The van der Waals surface area contributed by atoms with E-state index in [1.165, 1.54) is 0 Å². The number of ether oxygens (including phenoxy) is 1. The van der Waals surface area contributed by atoms with Crippen molar-refractivity contribution < 1.29 is 14.3 Å². The molecule has 0 N–H and O–H groups in total. The highest BCUT2D eigenvalue weighted by Crippen LogP contribution is 2.24. The van der Waals surface area contributed by atoms with E-state index in [0.717, 1.165) is 0 Å². The van der Waals surface area contributed by atoms with Crippen molar-refractivity contribution in [2.24, 2.45) is 5.92 Å². The zero-order valence-corrected chi connectivity index (χ0v) is 13.9. The number of hydrogen-bond donors (Lipinski definition) is 0. The van der Waals surface area contributed by atoms with E-state index in [1.54, 1.807) is 30.2 Å². The summed E-state index contributed by atoms with van der Waals surface area (Å²) in [7, 11) is 1.55. The molecule has 0 aliphatic carbocycles. The van der Waals surface area contributed by atoms with E-state index in [2.05, 4.69) is 0 Å². The minimum atomic E-state index is -0.107. The van der Waals surface area contributed by atoms with Gasteiger partial charge in [-0.1, -0.05) is 25.4 Å². The van der Waals surface area contributed by atoms with Gasteiger partial charge in [0, 0.05) is 32.1 Å². The molecule has 120 valence electrons. The first-order chi connectivity index (χ1) is 10.4. The summed E-state index contributed by atoms with van der Waals surface area (Å²) in [6.07, 6.45) is 0. The van der Waals surface area contributed by atoms with Gasteiger partial charge in [0.25, 0.3) is 5.91 Å². The molecule has 1 aliphatic rings. The van der Waals surface area contributed by atoms with E-state index in [0.29, 0.717) is 42.5 Å². The third-order valence-electron chi connectivity index (χ3n) is 3.78. The van der Waals surface area contributed by atoms with E-state index < -0.39 is 0 Å². The molecule has 6 heteroatoms. The fraction of sp³-hybridized carbons (Fsp3) is 0.500. The van der Waals surface area contributed by atoms with Gasteiger partial charge in [-0.15, -0.1) is 0 Å². The molecule has 0 spiro atoms. The number of rotatable bonds is 3. The molecule has 1 saturated heterocycles. The van der Waals surface area contributed by atoms with Gasteiger partial charge >= 0.3 is 0 Å². The second-order valence-corrected chi connectivity index (χ2v) is 6.03. The van der Waals surface area contributed by atoms with Gasteiger partial charge in [-0.3, -0.25) is 9.59 Å². The summed E-state index contributed by atoms with van der Waals surface area (Å²) in [5.41, 5.74) is 0.464. The van der Waals surface area contributed by atoms with Crippen molar-refractivity contribution in [2.75, 3.05) is 33.3 Å². The maximum Gasteiger partial charge on any atom is 0.255 e. The fourth-order valence-corrected chi connectivity index (χ4v) is 2.71. The summed E-state index contributed by atoms with van der Waals surface area (Å²) in [6.45, 7) is 5.96. The zero-order chi connectivity index (χ0) is 16.3. The number of nitrogens with zero attached hydrogens (tertiary/aromatic N) is 2. The van der Waals surface area contributed by atoms with Crippen molar-refractivity contribution >= 4 is 23.4 Å². The summed E-state index contributed by atoms with van der Waals surface area (Å²) >= 11 is 6.15. The van der Waals surface area contributed by atoms with Crippen molar-refractivity contribution in [1.29, 1.82) is 0 Å². The molecule has 0 aromatic heterocycles. The summed E-state index contributed by atoms with van der Waals surface area (Å²) in [6, 6.07) is 5.03. The number of hydrogen-bond acceptors (Lipinski definition) is 3. The Morgan fingerprint density at radius 1 is 1.14 bits per heavy atom. The average Bonchev–Trinajstić information content (AvgIpc) is 2.53. The average molecular weight is 325 g/mol. The van der Waals surface area contributed by atoms with Gasteiger partial charge < -0.3 is 14.5 Å². The number of halogens is 1. The second-order valence-electron chi connectivity index (χ2n) is 5.62. The topological polar surface area (TPSA) is 49.9 Å². The SMILES string of the molecule is COc1ccc(C(=O)N2CCN(C(=O)C(C)C)CC2)c(Cl)c1. The van der Waals surface area contributed by atoms with Gasteiger partial charge in [-0.25, -0.2) is 0 Å². The van der Waals surface area contributed by atoms with Crippen LogP contribution in [0.2, 0.25) is 5.02 Å². The largest absolute Gasteiger partial charge is 0.497 e. The molecule has 0 saturated carbocycles. The van der Waals surface area contributed by atoms with Crippen LogP contribution in [0.5, 0.6) is 5.75 Å². The number of carbonyl (C=O) groups excluding carboxylic acids is 2. The molecule has 2 rings (SSSR count). The van der Waals surface area contributed by atoms with Crippen LogP contribution < -0.4 is 4.74 Å². The number of carbonyl (C=O) groups is 2. The number of amides is 2. The Balaban J connectivity index is 2.02. The normalized spacial score (nSPS) is 15.1. The quantitative estimate of drug-likeness (QED) is 0.857. The highest BCUT2D eigenvalue weighted by atomic mass is 35.5. The standard InChI is InChI=1S/C16H21ClN2O3/c1-11(2)15(20)18-6-8-19(9-7-18)16(21)13-5-4-12(22-3)10-14(13)17/h4-5,10-11H,6-9H2,1-3H3. The van der Waals surface area contributed by atoms with Crippen LogP contribution in [0, 0.1) is 5.92 Å². The van der Waals surface area contributed by atoms with E-state index >= 15 is 0 Å². The molecular weight excluding hydrogens is 304 g/mol. The van der Waals surface area contributed by atoms with Crippen molar-refractivity contribution in [3.8, 4) is 5.75 Å². The lowest BCUT2D eigenvalue weighted by atomic mass is 10.1. The molecule has 2 amide bonds. The van der Waals surface area contributed by atoms with Crippen molar-refractivity contribution in [2.45, 2.75) is 13.8 Å². The fourth-order valence-electron chi connectivity index (χ4n) is 2.46. The lowest BCUT2D eigenvalue weighted by Gasteiger charge is -2.35. The molecule has 1 aliphatic heterocycles. The summed E-state index contributed by atoms with van der Waals surface area (Å²) < 4.78 is 5.08. The van der Waals surface area contributed by atoms with Crippen molar-refractivity contribution in [3.63, 3.8) is 0 Å². The molecule has 1 heterocycles. The van der Waals surface area contributed by atoms with E-state index in [4.69, 9.17) is 16.3 Å². The highest BCUT2D eigenvalue weighted by molar-refractivity contribution is 6.34. The third-order valence-corrected chi connectivity index (χ3v) is 4.09. The molecule has 22 heavy (non-hydrogen) atoms. The molecule has 1 fully saturated rings. The molecule has 1 aromatic rings. The lowest BCUT2D eigenvalue weighted by molar-refractivity contribution is -0.135. The minimum Gasteiger partial charge on any atom is -0.497 e. The van der Waals surface area contributed by atoms with Crippen molar-refractivity contribution in [3.05, 3.63) is 28.8 Å². The molecular formula is C16H21ClN2O3. The van der Waals surface area contributed by atoms with Crippen LogP contribution in [-0.2, 0) is 4.79 Å². The zero-order valence-electron chi connectivity index (χ0n) is 13.1. The Hall–Kier alpha value is -1.75. The van der Waals surface area contributed by atoms with Crippen LogP contribution in [-0.4, -0.2) is 54.9 Å². The lowest BCUT2D eigenvalue weighted by Crippen LogP contribution is -2.51. The first-order valence-electron chi connectivity index (χ1n) is 7.35. The highest BCUT2D eigenvalue weighted by Gasteiger charge is 2.26. The molecule has 5 nitrogen and oxygen atoms in total. The van der Waals surface area contributed by atoms with E-state index in [-0.39, 0.29) is 17.7 Å². The first kappa shape index (κ1) is 16.6. The maximum atomic E-state index is 12.5. The summed E-state index contributed by atoms with van der Waals surface area (Å²) in [4.78, 5) is 28.0. The summed E-state index contributed by atoms with van der Waals surface area (Å²) in [5, 5.41) is 0.380. The van der Waals surface area contributed by atoms with Gasteiger partial charge in [-0.2, -0.15) is 0 Å². The van der Waals surface area contributed by atoms with Crippen LogP contribution in [0.1, 0.15) is 24.2 Å². The maximum absolute atomic E-state index is 12.5. The second kappa shape index (κ2) is 7.01. The van der Waals surface area contributed by atoms with Crippen LogP contribution in [0.15, 0.2) is 18.2 Å². The smallest absolute Gasteiger partial charge is 0.255 e. The third kappa shape index (κ3) is 3.53. The van der Waals surface area contributed by atoms with Crippen LogP contribution in [0.25, 0.3) is 0 Å². The number of methoxy groups -OCH3 is 1. The predicted octanol–water partition coefficient (Wildman–Crippen LogP) is 2.29. The predicted molar refractivity (Wildman–Crippen MR) is 85.3 cm³/mol. The Morgan fingerprint density at radius 2 is 1.73 bits per heavy atom. The minimum absolute atomic E-state index is 0.0155. The molecule has 0 atom stereocenters. The van der Waals surface area contributed by atoms with Gasteiger partial charge in [0.15, 0.2) is 0 Å². The first-order valence-corrected chi connectivity index (χ1v) is 7.73. The molecule has 0 unspecified atom stereocenters. The van der Waals surface area contributed by atoms with Gasteiger partial charge in [-0.05, 0) is 18.2 Å². The molecule has 0 bridgehead atoms. The van der Waals surface area contributed by atoms with Crippen molar-refractivity contribution in [1.82, 2.24) is 9.80 Å². The van der Waals surface area contributed by atoms with Crippen LogP contribution >= 0.6 is 11.6 Å². The Labute approximate surface area is 135 Å². The van der Waals surface area contributed by atoms with Gasteiger partial charge in [0.1, 0.15) is 5.75 Å². The van der Waals surface area contributed by atoms with E-state index in [9.17, 15) is 9.59 Å². The Kier molecular flexibility index (Phi) is 5.29. The van der Waals surface area contributed by atoms with Gasteiger partial charge in [0.2, 0.25) is 5.91 Å². The number of piperazine rings is 1. The molecule has 1 aromatic carbocycles. The van der Waals surface area contributed by atoms with Gasteiger partial charge in [0.05, 0.1) is 17.7 Å². The van der Waals surface area contributed by atoms with Crippen LogP contribution in [0.4, 0.5) is 0 Å². The number of benzene rings is 1. The Bertz CT molecular complexity index is 567. The molecule has 0 radical (unpaired) electrons. The summed E-state index contributed by atoms with van der Waals surface area (Å²) in [5.74, 6) is 0.631. The van der Waals surface area contributed by atoms with Crippen LogP contribution in [0.3, 0.4) is 0 Å². The Morgan fingerprint density at radius 3 is 2.23 bits per heavy atom. The monoisotopic (exact) mass is 324 g/mol.